The number of allylic oxidation sites excluding steroid dienone is 3. The van der Waals surface area contributed by atoms with Crippen LogP contribution in [0.4, 0.5) is 21.0 Å². The van der Waals surface area contributed by atoms with E-state index < -0.39 is 77.5 Å². The fourth-order valence-corrected chi connectivity index (χ4v) is 12.0. The zero-order valence-corrected chi connectivity index (χ0v) is 51.0. The molecule has 22 heteroatoms. The molecule has 0 aliphatic carbocycles. The number of urea groups is 1. The Morgan fingerprint density at radius 2 is 1.73 bits per heavy atom. The average Bonchev–Trinajstić information content (AvgIpc) is 4.10. The second kappa shape index (κ2) is 29.0. The number of ether oxygens (including phenoxy) is 5. The summed E-state index contributed by atoms with van der Waals surface area (Å²) in [7, 11) is 4.50. The number of anilines is 2. The first-order valence-electron chi connectivity index (χ1n) is 28.6. The van der Waals surface area contributed by atoms with E-state index in [4.69, 9.17) is 53.2 Å². The van der Waals surface area contributed by atoms with Crippen LogP contribution < -0.4 is 31.3 Å². The normalized spacial score (nSPS) is 26.4. The van der Waals surface area contributed by atoms with E-state index in [-0.39, 0.29) is 85.4 Å². The molecule has 20 nitrogen and oxygen atoms in total. The summed E-state index contributed by atoms with van der Waals surface area (Å²) in [6.45, 7) is 13.4. The summed E-state index contributed by atoms with van der Waals surface area (Å²) >= 11 is 12.6. The summed E-state index contributed by atoms with van der Waals surface area (Å²) < 4.78 is 29.7. The number of epoxide rings is 1. The van der Waals surface area contributed by atoms with Gasteiger partial charge in [0.15, 0.2) is 5.78 Å². The zero-order chi connectivity index (χ0) is 61.1. The Bertz CT molecular complexity index is 2840. The van der Waals surface area contributed by atoms with Crippen LogP contribution in [0.2, 0.25) is 5.02 Å². The second-order valence-electron chi connectivity index (χ2n) is 23.3. The molecule has 0 radical (unpaired) electrons. The number of unbranched alkanes of at least 4 members (excludes halogenated alkanes) is 2. The lowest BCUT2D eigenvalue weighted by atomic mass is 9.78. The van der Waals surface area contributed by atoms with Gasteiger partial charge >= 0.3 is 18.1 Å². The molecular weight excluding hydrogens is 1110 g/mol. The highest BCUT2D eigenvalue weighted by Gasteiger charge is 2.64. The summed E-state index contributed by atoms with van der Waals surface area (Å²) in [5.74, 6) is -3.13. The summed E-state index contributed by atoms with van der Waals surface area (Å²) in [5.41, 5.74) is 6.01. The Kier molecular flexibility index (Phi) is 23.0. The molecule has 2 aromatic carbocycles. The van der Waals surface area contributed by atoms with Crippen LogP contribution in [0.5, 0.6) is 5.75 Å². The van der Waals surface area contributed by atoms with Gasteiger partial charge in [0.05, 0.1) is 37.8 Å². The van der Waals surface area contributed by atoms with Crippen molar-refractivity contribution in [3.63, 3.8) is 0 Å². The number of aryl methyl sites for hydroxylation is 1. The van der Waals surface area contributed by atoms with E-state index in [1.165, 1.54) is 24.0 Å². The fourth-order valence-electron chi connectivity index (χ4n) is 11.4. The molecule has 10 atom stereocenters. The molecule has 6 N–H and O–H groups in total. The maximum atomic E-state index is 14.5. The molecule has 2 aromatic rings. The number of amides is 7. The van der Waals surface area contributed by atoms with Crippen molar-refractivity contribution in [1.82, 2.24) is 15.5 Å². The van der Waals surface area contributed by atoms with Gasteiger partial charge in [-0.3, -0.25) is 39.0 Å². The SMILES string of the molecule is COc1cc2cc(c1Cl)N(C)C(=O)C[C@H](OC(=O)Nc1ccc(CC(=O)[C@H](CCCNC(N)=O)NC(=O)[C@@H](CC(=S)CCCCCN3C(=O)CC(C)C3=O)C(C)C)c(C)c1)[C@]1(C)O[C@H]1[C@H](C)[C@@H]1C[C@@](O)(CC(=O)O1)[C@H](OC)/C=C/C=C(\C)C2. The molecule has 83 heavy (non-hydrogen) atoms. The van der Waals surface area contributed by atoms with E-state index in [1.807, 2.05) is 26.8 Å². The smallest absolute Gasteiger partial charge is 0.412 e. The molecule has 0 spiro atoms. The molecule has 7 amide bonds. The quantitative estimate of drug-likeness (QED) is 0.0246. The van der Waals surface area contributed by atoms with Gasteiger partial charge in [-0.05, 0) is 117 Å². The van der Waals surface area contributed by atoms with Gasteiger partial charge < -0.3 is 50.1 Å². The lowest BCUT2D eigenvalue weighted by molar-refractivity contribution is -0.187. The van der Waals surface area contributed by atoms with Crippen LogP contribution >= 0.6 is 23.8 Å². The van der Waals surface area contributed by atoms with E-state index in [2.05, 4.69) is 16.0 Å². The van der Waals surface area contributed by atoms with Crippen LogP contribution in [0, 0.1) is 30.6 Å². The maximum absolute atomic E-state index is 14.5. The number of imide groups is 1. The molecule has 4 aliphatic rings. The van der Waals surface area contributed by atoms with Crippen LogP contribution in [0.1, 0.15) is 129 Å². The first kappa shape index (κ1) is 65.9. The number of carbonyl (C=O) groups excluding carboxylic acids is 8. The van der Waals surface area contributed by atoms with Crippen molar-refractivity contribution in [3.8, 4) is 5.75 Å². The van der Waals surface area contributed by atoms with Gasteiger partial charge in [0, 0.05) is 70.0 Å². The third kappa shape index (κ3) is 17.2. The maximum Gasteiger partial charge on any atom is 0.412 e. The highest BCUT2D eigenvalue weighted by atomic mass is 35.5. The highest BCUT2D eigenvalue weighted by molar-refractivity contribution is 7.80. The van der Waals surface area contributed by atoms with Crippen molar-refractivity contribution in [1.29, 1.82) is 0 Å². The number of primary amides is 1. The van der Waals surface area contributed by atoms with Crippen molar-refractivity contribution in [2.24, 2.45) is 29.4 Å². The number of methoxy groups -OCH3 is 2. The number of hydrogen-bond acceptors (Lipinski definition) is 15. The van der Waals surface area contributed by atoms with E-state index in [0.717, 1.165) is 24.0 Å². The van der Waals surface area contributed by atoms with Crippen LogP contribution in [-0.2, 0) is 60.6 Å². The van der Waals surface area contributed by atoms with E-state index in [1.54, 1.807) is 77.2 Å². The number of ketones is 1. The van der Waals surface area contributed by atoms with Gasteiger partial charge in [-0.25, -0.2) is 9.59 Å². The number of halogens is 1. The molecule has 6 rings (SSSR count). The van der Waals surface area contributed by atoms with E-state index in [0.29, 0.717) is 71.8 Å². The molecule has 4 aliphatic heterocycles. The molecule has 0 aromatic heterocycles. The lowest BCUT2D eigenvalue weighted by Gasteiger charge is -2.41. The number of thiocarbonyl (C=S) groups is 1. The number of nitrogens with zero attached hydrogens (tertiary/aromatic N) is 2. The number of esters is 1. The number of Topliss-reactive ketones (excluding diaryl/α,β-unsaturated/α-hetero) is 1. The fraction of sp³-hybridized carbons (Fsp3) is 0.590. The Morgan fingerprint density at radius 3 is 2.39 bits per heavy atom. The third-order valence-corrected chi connectivity index (χ3v) is 17.2. The van der Waals surface area contributed by atoms with Crippen LogP contribution in [0.15, 0.2) is 54.1 Å². The molecule has 454 valence electrons. The molecule has 4 bridgehead atoms. The van der Waals surface area contributed by atoms with Crippen molar-refractivity contribution in [2.45, 2.75) is 174 Å². The Balaban J connectivity index is 1.16. The van der Waals surface area contributed by atoms with Crippen molar-refractivity contribution in [2.75, 3.05) is 44.6 Å². The summed E-state index contributed by atoms with van der Waals surface area (Å²) in [6.07, 6.45) is 4.29. The van der Waals surface area contributed by atoms with E-state index in [9.17, 15) is 43.5 Å². The minimum Gasteiger partial charge on any atom is -0.495 e. The number of fused-ring (bicyclic) bond motifs is 5. The highest BCUT2D eigenvalue weighted by Crippen LogP contribution is 2.50. The van der Waals surface area contributed by atoms with Crippen molar-refractivity contribution < 1.29 is 67.1 Å². The standard InChI is InChI=1S/C61H83ClN6O14S/c1-34(2)43(30-42(83)17-12-11-13-23-68-52(71)26-37(5)57(68)74)56(73)66-44(18-15-22-64-58(63)75)46(69)29-40-20-21-41(25-36(40)4)65-59(76)81-50-31-51(70)67(8)45-27-39(28-47(78-9)54(45)62)24-35(3)16-14-19-49(79-10)61(77)32-48(80-53(72)33-61)38(6)55-60(50,7)82-55/h14,16,19-21,25,27-28,34,37-38,43-44,48-50,55,77H,11-13,15,17-18,22-24,26,29-33H2,1-10H3,(H,65,76)(H,66,73)(H3,63,64,75)/b19-14+,35-16+/t37?,38-,43+,44+,48+,49-,50+,55+,60+,61-/m1/s1. The van der Waals surface area contributed by atoms with Gasteiger partial charge in [0.25, 0.3) is 0 Å². The predicted octanol–water partition coefficient (Wildman–Crippen LogP) is 7.96. The zero-order valence-electron chi connectivity index (χ0n) is 49.4. The van der Waals surface area contributed by atoms with Gasteiger partial charge in [-0.2, -0.15) is 0 Å². The Labute approximate surface area is 497 Å². The molecule has 0 saturated carbocycles. The summed E-state index contributed by atoms with van der Waals surface area (Å²) in [4.78, 5) is 109. The lowest BCUT2D eigenvalue weighted by Crippen LogP contribution is -2.53. The van der Waals surface area contributed by atoms with Gasteiger partial charge in [0.1, 0.15) is 40.3 Å². The number of nitrogens with one attached hydrogen (secondary N) is 3. The number of rotatable bonds is 22. The largest absolute Gasteiger partial charge is 0.495 e. The predicted molar refractivity (Wildman–Crippen MR) is 317 cm³/mol. The van der Waals surface area contributed by atoms with Gasteiger partial charge in [0.2, 0.25) is 23.6 Å². The van der Waals surface area contributed by atoms with Crippen LogP contribution in [0.25, 0.3) is 0 Å². The number of aliphatic hydroxyl groups is 1. The second-order valence-corrected chi connectivity index (χ2v) is 24.3. The third-order valence-electron chi connectivity index (χ3n) is 16.5. The first-order valence-corrected chi connectivity index (χ1v) is 29.4. The number of benzene rings is 2. The molecular formula is C61H83ClN6O14S. The van der Waals surface area contributed by atoms with Crippen LogP contribution in [-0.4, -0.2) is 138 Å². The topological polar surface area (TPSA) is 275 Å². The summed E-state index contributed by atoms with van der Waals surface area (Å²) in [6, 6.07) is 6.89. The average molecular weight is 1190 g/mol. The molecule has 3 saturated heterocycles. The number of likely N-dealkylation sites (tertiary alicyclic amines) is 1. The Hall–Kier alpha value is -6.26. The summed E-state index contributed by atoms with van der Waals surface area (Å²) in [5, 5.41) is 20.5. The first-order chi connectivity index (χ1) is 39.2. The van der Waals surface area contributed by atoms with Gasteiger partial charge in [-0.1, -0.05) is 87.8 Å². The molecule has 3 fully saturated rings. The Morgan fingerprint density at radius 1 is 1.00 bits per heavy atom. The molecule has 4 heterocycles. The molecule has 1 unspecified atom stereocenters. The van der Waals surface area contributed by atoms with E-state index >= 15 is 0 Å². The van der Waals surface area contributed by atoms with Crippen molar-refractivity contribution >= 4 is 87.6 Å². The van der Waals surface area contributed by atoms with Crippen LogP contribution in [0.3, 0.4) is 0 Å². The van der Waals surface area contributed by atoms with Crippen molar-refractivity contribution in [3.05, 3.63) is 75.8 Å². The monoisotopic (exact) mass is 1190 g/mol. The minimum absolute atomic E-state index is 0.0108. The number of hydrogen-bond donors (Lipinski definition) is 5. The minimum atomic E-state index is -1.64. The van der Waals surface area contributed by atoms with Gasteiger partial charge in [-0.15, -0.1) is 0 Å². The number of carbonyl (C=O) groups is 8. The number of nitrogens with two attached hydrogens (primary N) is 1.